The van der Waals surface area contributed by atoms with Crippen LogP contribution in [0, 0.1) is 13.8 Å². The van der Waals surface area contributed by atoms with Gasteiger partial charge < -0.3 is 9.88 Å². The maximum Gasteiger partial charge on any atom is 0.274 e. The first-order chi connectivity index (χ1) is 15.3. The number of aromatic amines is 1. The highest BCUT2D eigenvalue weighted by Gasteiger charge is 2.37. The highest BCUT2D eigenvalue weighted by Crippen LogP contribution is 2.39. The van der Waals surface area contributed by atoms with E-state index in [-0.39, 0.29) is 11.9 Å². The highest BCUT2D eigenvalue weighted by atomic mass is 35.5. The average Bonchev–Trinajstić information content (AvgIpc) is 3.46. The largest absolute Gasteiger partial charge is 0.340 e. The number of carbonyl (C=O) groups excluding carboxylic acids is 1. The van der Waals surface area contributed by atoms with Gasteiger partial charge in [-0.25, -0.2) is 9.97 Å². The number of amides is 1. The van der Waals surface area contributed by atoms with Gasteiger partial charge in [0.05, 0.1) is 37.0 Å². The third-order valence-corrected chi connectivity index (χ3v) is 7.44. The van der Waals surface area contributed by atoms with Crippen molar-refractivity contribution in [3.05, 3.63) is 80.7 Å². The quantitative estimate of drug-likeness (QED) is 0.328. The minimum atomic E-state index is -0.217. The number of halogens is 2. The van der Waals surface area contributed by atoms with Crippen molar-refractivity contribution in [1.82, 2.24) is 19.9 Å². The summed E-state index contributed by atoms with van der Waals surface area (Å²) in [5, 5.41) is 1.72. The average molecular weight is 483 g/mol. The van der Waals surface area contributed by atoms with Crippen molar-refractivity contribution >= 4 is 51.5 Å². The monoisotopic (exact) mass is 482 g/mol. The maximum absolute atomic E-state index is 13.7. The SMILES string of the molecule is C=C1CC(c2nc3c(C)cccc3[nH]2)N(C(=O)c2nc(C)sc2-c2ccc(Cl)c(Cl)c2)C1. The van der Waals surface area contributed by atoms with E-state index in [4.69, 9.17) is 28.2 Å². The van der Waals surface area contributed by atoms with Gasteiger partial charge in [0.2, 0.25) is 0 Å². The van der Waals surface area contributed by atoms with Crippen LogP contribution < -0.4 is 0 Å². The summed E-state index contributed by atoms with van der Waals surface area (Å²) in [6, 6.07) is 11.2. The first-order valence-corrected chi connectivity index (χ1v) is 11.7. The third kappa shape index (κ3) is 3.62. The number of imidazole rings is 1. The molecular weight excluding hydrogens is 463 g/mol. The Morgan fingerprint density at radius 2 is 2.00 bits per heavy atom. The number of benzene rings is 2. The van der Waals surface area contributed by atoms with Crippen molar-refractivity contribution < 1.29 is 4.79 Å². The Labute approximate surface area is 199 Å². The summed E-state index contributed by atoms with van der Waals surface area (Å²) in [6.45, 7) is 8.55. The molecular formula is C24H20Cl2N4OS. The number of aryl methyl sites for hydroxylation is 2. The molecule has 162 valence electrons. The Hall–Kier alpha value is -2.67. The van der Waals surface area contributed by atoms with E-state index in [9.17, 15) is 4.79 Å². The number of H-pyrrole nitrogens is 1. The summed E-state index contributed by atoms with van der Waals surface area (Å²) >= 11 is 13.8. The van der Waals surface area contributed by atoms with Crippen LogP contribution in [-0.4, -0.2) is 32.3 Å². The van der Waals surface area contributed by atoms with Gasteiger partial charge in [-0.15, -0.1) is 11.3 Å². The Bertz CT molecular complexity index is 1390. The third-order valence-electron chi connectivity index (χ3n) is 5.68. The lowest BCUT2D eigenvalue weighted by Crippen LogP contribution is -2.31. The van der Waals surface area contributed by atoms with Gasteiger partial charge in [0.15, 0.2) is 0 Å². The molecule has 5 rings (SSSR count). The first-order valence-electron chi connectivity index (χ1n) is 10.2. The van der Waals surface area contributed by atoms with Crippen molar-refractivity contribution in [2.45, 2.75) is 26.3 Å². The molecule has 5 nitrogen and oxygen atoms in total. The highest BCUT2D eigenvalue weighted by molar-refractivity contribution is 7.15. The molecule has 8 heteroatoms. The molecule has 0 aliphatic carbocycles. The zero-order valence-corrected chi connectivity index (χ0v) is 19.9. The van der Waals surface area contributed by atoms with E-state index in [1.165, 1.54) is 11.3 Å². The molecule has 1 fully saturated rings. The van der Waals surface area contributed by atoms with Crippen LogP contribution in [0.3, 0.4) is 0 Å². The zero-order valence-electron chi connectivity index (χ0n) is 17.6. The summed E-state index contributed by atoms with van der Waals surface area (Å²) in [5.41, 5.74) is 5.21. The van der Waals surface area contributed by atoms with E-state index in [1.54, 1.807) is 12.1 Å². The second-order valence-electron chi connectivity index (χ2n) is 8.04. The first kappa shape index (κ1) is 21.2. The summed E-state index contributed by atoms with van der Waals surface area (Å²) < 4.78 is 0. The van der Waals surface area contributed by atoms with Gasteiger partial charge in [0.1, 0.15) is 11.5 Å². The number of nitrogens with zero attached hydrogens (tertiary/aromatic N) is 3. The molecule has 2 aromatic heterocycles. The number of nitrogens with one attached hydrogen (secondary N) is 1. The predicted molar refractivity (Wildman–Crippen MR) is 131 cm³/mol. The molecule has 1 unspecified atom stereocenters. The Kier molecular flexibility index (Phi) is 5.32. The number of hydrogen-bond donors (Lipinski definition) is 1. The Balaban J connectivity index is 1.55. The molecule has 1 aliphatic rings. The zero-order chi connectivity index (χ0) is 22.6. The van der Waals surface area contributed by atoms with Crippen molar-refractivity contribution in [3.63, 3.8) is 0 Å². The molecule has 32 heavy (non-hydrogen) atoms. The van der Waals surface area contributed by atoms with Crippen molar-refractivity contribution in [3.8, 4) is 10.4 Å². The number of likely N-dealkylation sites (tertiary alicyclic amines) is 1. The fourth-order valence-electron chi connectivity index (χ4n) is 4.15. The van der Waals surface area contributed by atoms with Gasteiger partial charge in [-0.2, -0.15) is 0 Å². The Morgan fingerprint density at radius 3 is 2.75 bits per heavy atom. The number of rotatable bonds is 3. The van der Waals surface area contributed by atoms with Gasteiger partial charge in [0, 0.05) is 6.54 Å². The number of fused-ring (bicyclic) bond motifs is 1. The molecule has 0 saturated carbocycles. The lowest BCUT2D eigenvalue weighted by Gasteiger charge is -2.22. The van der Waals surface area contributed by atoms with Crippen LogP contribution in [0.25, 0.3) is 21.5 Å². The maximum atomic E-state index is 13.7. The molecule has 1 aliphatic heterocycles. The van der Waals surface area contributed by atoms with Crippen LogP contribution in [0.15, 0.2) is 48.6 Å². The van der Waals surface area contributed by atoms with Gasteiger partial charge >= 0.3 is 0 Å². The molecule has 1 amide bonds. The topological polar surface area (TPSA) is 61.9 Å². The van der Waals surface area contributed by atoms with Crippen LogP contribution in [0.4, 0.5) is 0 Å². The minimum absolute atomic E-state index is 0.142. The van der Waals surface area contributed by atoms with E-state index < -0.39 is 0 Å². The summed E-state index contributed by atoms with van der Waals surface area (Å²) in [6.07, 6.45) is 0.663. The predicted octanol–water partition coefficient (Wildman–Crippen LogP) is 6.75. The normalized spacial score (nSPS) is 16.3. The fourth-order valence-corrected chi connectivity index (χ4v) is 5.36. The van der Waals surface area contributed by atoms with Gasteiger partial charge in [-0.1, -0.05) is 53.6 Å². The number of thiazole rings is 1. The molecule has 4 aromatic rings. The van der Waals surface area contributed by atoms with Crippen LogP contribution in [0.1, 0.15) is 39.3 Å². The van der Waals surface area contributed by atoms with Crippen LogP contribution in [0.2, 0.25) is 10.0 Å². The molecule has 2 aromatic carbocycles. The summed E-state index contributed by atoms with van der Waals surface area (Å²) in [4.78, 5) is 29.1. The molecule has 1 atom stereocenters. The lowest BCUT2D eigenvalue weighted by atomic mass is 10.1. The standard InChI is InChI=1S/C24H20Cl2N4OS/c1-12-9-19(23-28-18-6-4-5-13(2)20(18)29-23)30(11-12)24(31)21-22(32-14(3)27-21)15-7-8-16(25)17(26)10-15/h4-8,10,19H,1,9,11H2,2-3H3,(H,28,29). The van der Waals surface area contributed by atoms with Gasteiger partial charge in [-0.05, 0) is 49.6 Å². The molecule has 3 heterocycles. The Morgan fingerprint density at radius 1 is 1.19 bits per heavy atom. The summed E-state index contributed by atoms with van der Waals surface area (Å²) in [5.74, 6) is 0.626. The molecule has 1 N–H and O–H groups in total. The van der Waals surface area contributed by atoms with E-state index in [2.05, 4.69) is 16.5 Å². The number of carbonyl (C=O) groups is 1. The fraction of sp³-hybridized carbons (Fsp3) is 0.208. The van der Waals surface area contributed by atoms with Gasteiger partial charge in [0.25, 0.3) is 5.91 Å². The smallest absolute Gasteiger partial charge is 0.274 e. The number of aromatic nitrogens is 3. The second-order valence-corrected chi connectivity index (χ2v) is 10.1. The molecule has 1 saturated heterocycles. The van der Waals surface area contributed by atoms with Crippen LogP contribution in [-0.2, 0) is 0 Å². The minimum Gasteiger partial charge on any atom is -0.340 e. The van der Waals surface area contributed by atoms with Crippen molar-refractivity contribution in [2.24, 2.45) is 0 Å². The number of hydrogen-bond acceptors (Lipinski definition) is 4. The molecule has 0 bridgehead atoms. The van der Waals surface area contributed by atoms with Crippen molar-refractivity contribution in [2.75, 3.05) is 6.54 Å². The van der Waals surface area contributed by atoms with Crippen LogP contribution >= 0.6 is 34.5 Å². The number of para-hydroxylation sites is 1. The van der Waals surface area contributed by atoms with Gasteiger partial charge in [-0.3, -0.25) is 4.79 Å². The van der Waals surface area contributed by atoms with Crippen LogP contribution in [0.5, 0.6) is 0 Å². The van der Waals surface area contributed by atoms with E-state index in [1.807, 2.05) is 43.0 Å². The van der Waals surface area contributed by atoms with Crippen molar-refractivity contribution in [1.29, 1.82) is 0 Å². The van der Waals surface area contributed by atoms with E-state index in [0.29, 0.717) is 28.7 Å². The van der Waals surface area contributed by atoms with E-state index in [0.717, 1.165) is 43.4 Å². The molecule has 0 radical (unpaired) electrons. The lowest BCUT2D eigenvalue weighted by molar-refractivity contribution is 0.0728. The molecule has 0 spiro atoms. The van der Waals surface area contributed by atoms with E-state index >= 15 is 0 Å². The second kappa shape index (κ2) is 8.03. The summed E-state index contributed by atoms with van der Waals surface area (Å²) in [7, 11) is 0.